The van der Waals surface area contributed by atoms with Gasteiger partial charge in [0.2, 0.25) is 0 Å². The maximum absolute atomic E-state index is 13.0. The molecule has 0 aliphatic heterocycles. The Morgan fingerprint density at radius 2 is 1.88 bits per heavy atom. The Morgan fingerprint density at radius 3 is 2.50 bits per heavy atom. The van der Waals surface area contributed by atoms with Crippen LogP contribution < -0.4 is 14.8 Å². The van der Waals surface area contributed by atoms with Crippen LogP contribution in [0, 0.1) is 5.92 Å². The lowest BCUT2D eigenvalue weighted by Gasteiger charge is -2.37. The van der Waals surface area contributed by atoms with Crippen LogP contribution in [0.1, 0.15) is 60.5 Å². The third-order valence-corrected chi connectivity index (χ3v) is 6.61. The number of aliphatic hydroxyl groups is 1. The van der Waals surface area contributed by atoms with Crippen molar-refractivity contribution in [1.29, 1.82) is 0 Å². The number of benzene rings is 1. The first-order chi connectivity index (χ1) is 16.4. The summed E-state index contributed by atoms with van der Waals surface area (Å²) in [4.78, 5) is 29.2. The minimum Gasteiger partial charge on any atom is -0.488 e. The molecule has 2 aromatic rings. The van der Waals surface area contributed by atoms with E-state index < -0.39 is 17.4 Å². The van der Waals surface area contributed by atoms with Crippen LogP contribution in [-0.2, 0) is 17.6 Å². The Morgan fingerprint density at radius 1 is 1.18 bits per heavy atom. The molecule has 0 bridgehead atoms. The Bertz CT molecular complexity index is 985. The first-order valence-corrected chi connectivity index (χ1v) is 11.8. The number of aliphatic hydroxyl groups excluding tert-OH is 1. The highest BCUT2D eigenvalue weighted by molar-refractivity contribution is 5.98. The zero-order valence-corrected chi connectivity index (χ0v) is 19.9. The minimum absolute atomic E-state index is 0.0972. The van der Waals surface area contributed by atoms with Crippen molar-refractivity contribution in [1.82, 2.24) is 10.3 Å². The number of rotatable bonds is 11. The zero-order chi connectivity index (χ0) is 24.6. The van der Waals surface area contributed by atoms with Gasteiger partial charge in [0.15, 0.2) is 5.75 Å². The van der Waals surface area contributed by atoms with Crippen molar-refractivity contribution in [3.8, 4) is 11.6 Å². The lowest BCUT2D eigenvalue weighted by Crippen LogP contribution is -2.56. The van der Waals surface area contributed by atoms with Gasteiger partial charge in [0.1, 0.15) is 5.54 Å². The molecule has 34 heavy (non-hydrogen) atoms. The van der Waals surface area contributed by atoms with E-state index in [1.54, 1.807) is 0 Å². The SMILES string of the molecule is CC[C@H]1CC[C@](NC(=O)c2cnc(OC)c(OCCc3cccc(CCO)c3)c2)(C(=O)O)CC1. The number of carboxylic acids is 1. The van der Waals surface area contributed by atoms with Crippen molar-refractivity contribution >= 4 is 11.9 Å². The van der Waals surface area contributed by atoms with E-state index in [4.69, 9.17) is 14.6 Å². The number of nitrogens with zero attached hydrogens (tertiary/aromatic N) is 1. The van der Waals surface area contributed by atoms with Crippen molar-refractivity contribution in [3.63, 3.8) is 0 Å². The number of methoxy groups -OCH3 is 1. The predicted octanol–water partition coefficient (Wildman–Crippen LogP) is 3.40. The number of hydrogen-bond donors (Lipinski definition) is 3. The van der Waals surface area contributed by atoms with Crippen molar-refractivity contribution in [2.75, 3.05) is 20.3 Å². The fourth-order valence-electron chi connectivity index (χ4n) is 4.42. The van der Waals surface area contributed by atoms with Crippen LogP contribution in [0.15, 0.2) is 36.5 Å². The van der Waals surface area contributed by atoms with Gasteiger partial charge in [-0.1, -0.05) is 37.6 Å². The van der Waals surface area contributed by atoms with Gasteiger partial charge in [0.25, 0.3) is 11.8 Å². The molecule has 184 valence electrons. The Hall–Kier alpha value is -3.13. The van der Waals surface area contributed by atoms with Gasteiger partial charge >= 0.3 is 5.97 Å². The number of aliphatic carboxylic acids is 1. The van der Waals surface area contributed by atoms with E-state index in [0.717, 1.165) is 30.4 Å². The van der Waals surface area contributed by atoms with Crippen LogP contribution in [0.5, 0.6) is 11.6 Å². The lowest BCUT2D eigenvalue weighted by atomic mass is 9.75. The van der Waals surface area contributed by atoms with E-state index in [1.165, 1.54) is 19.4 Å². The van der Waals surface area contributed by atoms with E-state index in [0.29, 0.717) is 44.0 Å². The predicted molar refractivity (Wildman–Crippen MR) is 127 cm³/mol. The smallest absolute Gasteiger partial charge is 0.329 e. The van der Waals surface area contributed by atoms with Crippen LogP contribution in [0.3, 0.4) is 0 Å². The van der Waals surface area contributed by atoms with Crippen molar-refractivity contribution in [2.24, 2.45) is 5.92 Å². The van der Waals surface area contributed by atoms with Crippen molar-refractivity contribution in [2.45, 2.75) is 57.4 Å². The molecule has 3 rings (SSSR count). The number of carboxylic acid groups (broad SMARTS) is 1. The van der Waals surface area contributed by atoms with E-state index in [9.17, 15) is 14.7 Å². The second kappa shape index (κ2) is 11.8. The molecule has 0 unspecified atom stereocenters. The van der Waals surface area contributed by atoms with Gasteiger partial charge in [0, 0.05) is 25.3 Å². The topological polar surface area (TPSA) is 118 Å². The summed E-state index contributed by atoms with van der Waals surface area (Å²) in [5, 5.41) is 21.8. The third kappa shape index (κ3) is 6.26. The molecule has 1 aliphatic rings. The van der Waals surface area contributed by atoms with Gasteiger partial charge in [-0.2, -0.15) is 0 Å². The minimum atomic E-state index is -1.26. The molecule has 0 atom stereocenters. The highest BCUT2D eigenvalue weighted by Crippen LogP contribution is 2.34. The summed E-state index contributed by atoms with van der Waals surface area (Å²) < 4.78 is 11.2. The number of nitrogens with one attached hydrogen (secondary N) is 1. The summed E-state index contributed by atoms with van der Waals surface area (Å²) >= 11 is 0. The highest BCUT2D eigenvalue weighted by Gasteiger charge is 2.43. The molecule has 3 N–H and O–H groups in total. The van der Waals surface area contributed by atoms with E-state index in [-0.39, 0.29) is 18.1 Å². The van der Waals surface area contributed by atoms with Gasteiger partial charge in [-0.25, -0.2) is 9.78 Å². The van der Waals surface area contributed by atoms with E-state index >= 15 is 0 Å². The first kappa shape index (κ1) is 25.5. The van der Waals surface area contributed by atoms with Crippen LogP contribution in [0.4, 0.5) is 0 Å². The number of pyridine rings is 1. The number of hydrogen-bond acceptors (Lipinski definition) is 6. The van der Waals surface area contributed by atoms with Crippen LogP contribution in [-0.4, -0.2) is 52.9 Å². The molecular formula is C26H34N2O6. The van der Waals surface area contributed by atoms with Gasteiger partial charge in [-0.3, -0.25) is 4.79 Å². The molecule has 1 aliphatic carbocycles. The highest BCUT2D eigenvalue weighted by atomic mass is 16.5. The number of aromatic nitrogens is 1. The van der Waals surface area contributed by atoms with Crippen LogP contribution in [0.2, 0.25) is 0 Å². The van der Waals surface area contributed by atoms with Gasteiger partial charge in [-0.05, 0) is 49.1 Å². The molecule has 0 saturated heterocycles. The Labute approximate surface area is 200 Å². The number of carbonyl (C=O) groups excluding carboxylic acids is 1. The zero-order valence-electron chi connectivity index (χ0n) is 19.9. The summed E-state index contributed by atoms with van der Waals surface area (Å²) in [5.74, 6) is -0.426. The second-order valence-electron chi connectivity index (χ2n) is 8.82. The molecule has 1 heterocycles. The lowest BCUT2D eigenvalue weighted by molar-refractivity contribution is -0.146. The summed E-state index contributed by atoms with van der Waals surface area (Å²) in [6.07, 6.45) is 5.98. The fourth-order valence-corrected chi connectivity index (χ4v) is 4.42. The second-order valence-corrected chi connectivity index (χ2v) is 8.82. The first-order valence-electron chi connectivity index (χ1n) is 11.8. The van der Waals surface area contributed by atoms with Gasteiger partial charge in [0.05, 0.1) is 19.3 Å². The summed E-state index contributed by atoms with van der Waals surface area (Å²) in [5.41, 5.74) is 1.08. The average Bonchev–Trinajstić information content (AvgIpc) is 2.84. The normalized spacial score (nSPS) is 19.9. The van der Waals surface area contributed by atoms with E-state index in [2.05, 4.69) is 17.2 Å². The fraction of sp³-hybridized carbons (Fsp3) is 0.500. The maximum atomic E-state index is 13.0. The van der Waals surface area contributed by atoms with Gasteiger partial charge < -0.3 is 25.0 Å². The molecule has 0 spiro atoms. The van der Waals surface area contributed by atoms with Gasteiger partial charge in [-0.15, -0.1) is 0 Å². The summed E-state index contributed by atoms with van der Waals surface area (Å²) in [6.45, 7) is 2.54. The van der Waals surface area contributed by atoms with Crippen LogP contribution >= 0.6 is 0 Å². The summed E-state index contributed by atoms with van der Waals surface area (Å²) in [6, 6.07) is 9.46. The molecule has 1 amide bonds. The number of ether oxygens (including phenoxy) is 2. The quantitative estimate of drug-likeness (QED) is 0.461. The maximum Gasteiger partial charge on any atom is 0.329 e. The van der Waals surface area contributed by atoms with Crippen molar-refractivity contribution < 1.29 is 29.3 Å². The molecule has 1 aromatic carbocycles. The van der Waals surface area contributed by atoms with E-state index in [1.807, 2.05) is 24.3 Å². The molecule has 1 fully saturated rings. The molecule has 1 aromatic heterocycles. The Kier molecular flexibility index (Phi) is 8.87. The Balaban J connectivity index is 1.68. The monoisotopic (exact) mass is 470 g/mol. The molecular weight excluding hydrogens is 436 g/mol. The standard InChI is InChI=1S/C26H34N2O6/c1-3-18-7-11-26(12-8-18,25(31)32)28-23(30)21-16-22(24(33-2)27-17-21)34-14-10-20-6-4-5-19(15-20)9-13-29/h4-6,15-18,29H,3,7-14H2,1-2H3,(H,28,30)(H,31,32)/t18-,26+. The average molecular weight is 471 g/mol. The van der Waals surface area contributed by atoms with Crippen LogP contribution in [0.25, 0.3) is 0 Å². The largest absolute Gasteiger partial charge is 0.488 e. The third-order valence-electron chi connectivity index (χ3n) is 6.61. The molecule has 8 heteroatoms. The summed E-state index contributed by atoms with van der Waals surface area (Å²) in [7, 11) is 1.47. The number of carbonyl (C=O) groups is 2. The number of amides is 1. The molecule has 0 radical (unpaired) electrons. The van der Waals surface area contributed by atoms with Crippen molar-refractivity contribution in [3.05, 3.63) is 53.2 Å². The molecule has 8 nitrogen and oxygen atoms in total. The molecule has 1 saturated carbocycles.